The molecule has 2 aliphatic heterocycles. The van der Waals surface area contributed by atoms with E-state index in [0.717, 1.165) is 47.5 Å². The number of carbonyl (C=O) groups excluding carboxylic acids is 1. The molecule has 0 saturated heterocycles. The molecule has 9 heteroatoms. The number of fused-ring (bicyclic) bond motifs is 1. The van der Waals surface area contributed by atoms with Crippen LogP contribution in [0, 0.1) is 5.41 Å². The molecule has 2 fully saturated rings. The van der Waals surface area contributed by atoms with Crippen LogP contribution in [0.2, 0.25) is 0 Å². The Morgan fingerprint density at radius 3 is 2.65 bits per heavy atom. The summed E-state index contributed by atoms with van der Waals surface area (Å²) in [5, 5.41) is 30.7. The summed E-state index contributed by atoms with van der Waals surface area (Å²) in [6, 6.07) is 13.8. The Bertz CT molecular complexity index is 1580. The minimum atomic E-state index is -0.837. The second-order valence-corrected chi connectivity index (χ2v) is 14.8. The number of aliphatic hydroxyl groups is 2. The van der Waals surface area contributed by atoms with E-state index >= 15 is 0 Å². The highest BCUT2D eigenvalue weighted by Crippen LogP contribution is 2.61. The second-order valence-electron chi connectivity index (χ2n) is 14.8. The van der Waals surface area contributed by atoms with Gasteiger partial charge in [0.1, 0.15) is 24.2 Å². The number of ether oxygens (including phenoxy) is 1. The van der Waals surface area contributed by atoms with Crippen LogP contribution >= 0.6 is 0 Å². The SMILES string of the molecule is CCC[C@H](O)C[C@@H](O)CC(=O)CCc1ccc(O)c(OC[NH+]2C=C3N=CC([C@@]4(c5cccc(C(N)N)c5)CCC5(CCCC5)C4)=C3C2)c1. The number of phenolic OH excluding ortho intramolecular Hbond substituents is 1. The zero-order valence-corrected chi connectivity index (χ0v) is 28.3. The van der Waals surface area contributed by atoms with Gasteiger partial charge in [-0.15, -0.1) is 0 Å². The third-order valence-corrected chi connectivity index (χ3v) is 11.2. The van der Waals surface area contributed by atoms with Crippen molar-refractivity contribution in [2.45, 2.75) is 114 Å². The zero-order chi connectivity index (χ0) is 33.9. The molecule has 1 spiro atoms. The molecule has 0 aromatic heterocycles. The van der Waals surface area contributed by atoms with Crippen molar-refractivity contribution in [2.75, 3.05) is 13.3 Å². The molecule has 2 saturated carbocycles. The first-order valence-corrected chi connectivity index (χ1v) is 17.9. The summed E-state index contributed by atoms with van der Waals surface area (Å²) >= 11 is 0. The number of allylic oxidation sites excluding steroid dienone is 1. The smallest absolute Gasteiger partial charge is 0.227 e. The lowest BCUT2D eigenvalue weighted by atomic mass is 9.68. The van der Waals surface area contributed by atoms with E-state index in [1.165, 1.54) is 48.8 Å². The van der Waals surface area contributed by atoms with Crippen molar-refractivity contribution in [3.63, 3.8) is 0 Å². The van der Waals surface area contributed by atoms with Gasteiger partial charge >= 0.3 is 0 Å². The number of ketones is 1. The first-order valence-electron chi connectivity index (χ1n) is 17.9. The maximum absolute atomic E-state index is 12.5. The number of aromatic hydroxyl groups is 1. The second kappa shape index (κ2) is 14.6. The molecule has 258 valence electrons. The molecule has 8 N–H and O–H groups in total. The van der Waals surface area contributed by atoms with E-state index in [2.05, 4.69) is 30.6 Å². The van der Waals surface area contributed by atoms with Gasteiger partial charge in [-0.05, 0) is 91.2 Å². The average Bonchev–Trinajstić information content (AvgIpc) is 3.85. The number of rotatable bonds is 15. The summed E-state index contributed by atoms with van der Waals surface area (Å²) < 4.78 is 6.17. The molecule has 0 bridgehead atoms. The summed E-state index contributed by atoms with van der Waals surface area (Å²) in [6.45, 7) is 3.05. The van der Waals surface area contributed by atoms with Crippen molar-refractivity contribution in [2.24, 2.45) is 21.9 Å². The lowest BCUT2D eigenvalue weighted by molar-refractivity contribution is -0.855. The fourth-order valence-electron chi connectivity index (χ4n) is 8.73. The summed E-state index contributed by atoms with van der Waals surface area (Å²) in [4.78, 5) is 18.5. The Balaban J connectivity index is 1.12. The molecular weight excluding hydrogens is 604 g/mol. The standard InChI is InChI=1S/C39H52N4O5/c1-2-6-29(44)19-31(46)20-30(45)11-9-26-10-12-35(47)36(17-26)48-25-43-22-32-33(21-42-34(32)23-43)39(16-15-38(24-39)13-3-4-14-38)28-8-5-7-27(18-28)37(40)41/h5,7-8,10,12,17-18,21,23,29,31,37,44,46-47H,2-4,6,9,11,13-16,19-20,22,24-25,40-41H2,1H3/p+1/t29-,31+,39-/m0/s1. The molecule has 48 heavy (non-hydrogen) atoms. The van der Waals surface area contributed by atoms with Crippen LogP contribution in [-0.4, -0.2) is 52.8 Å². The predicted octanol–water partition coefficient (Wildman–Crippen LogP) is 4.25. The number of aryl methyl sites for hydroxylation is 1. The van der Waals surface area contributed by atoms with Crippen LogP contribution in [0.25, 0.3) is 0 Å². The van der Waals surface area contributed by atoms with Gasteiger partial charge in [0.25, 0.3) is 0 Å². The monoisotopic (exact) mass is 657 g/mol. The molecule has 2 aromatic carbocycles. The Hall–Kier alpha value is -3.34. The number of quaternary nitrogens is 1. The minimum absolute atomic E-state index is 0.0315. The fraction of sp³-hybridized carbons (Fsp3) is 0.538. The molecule has 9 nitrogen and oxygen atoms in total. The molecule has 0 radical (unpaired) electrons. The van der Waals surface area contributed by atoms with Gasteiger partial charge in [0, 0.05) is 30.0 Å². The fourth-order valence-corrected chi connectivity index (χ4v) is 8.73. The number of nitrogens with two attached hydrogens (primary N) is 2. The molecule has 0 amide bonds. The van der Waals surface area contributed by atoms with Crippen molar-refractivity contribution >= 4 is 12.0 Å². The number of hydrogen-bond donors (Lipinski definition) is 6. The highest BCUT2D eigenvalue weighted by Gasteiger charge is 2.53. The molecule has 4 aliphatic rings. The van der Waals surface area contributed by atoms with Gasteiger partial charge in [0.15, 0.2) is 11.5 Å². The largest absolute Gasteiger partial charge is 0.504 e. The molecular formula is C39H53N4O5+. The Morgan fingerprint density at radius 2 is 1.88 bits per heavy atom. The highest BCUT2D eigenvalue weighted by molar-refractivity contribution is 5.90. The maximum Gasteiger partial charge on any atom is 0.227 e. The summed E-state index contributed by atoms with van der Waals surface area (Å²) in [5.74, 6) is 0.385. The molecule has 2 aliphatic carbocycles. The van der Waals surface area contributed by atoms with E-state index in [1.807, 2.05) is 13.0 Å². The number of benzene rings is 2. The molecule has 1 unspecified atom stereocenters. The normalized spacial score (nSPS) is 24.0. The van der Waals surface area contributed by atoms with Gasteiger partial charge in [-0.2, -0.15) is 0 Å². The average molecular weight is 658 g/mol. The third kappa shape index (κ3) is 7.45. The molecule has 2 heterocycles. The van der Waals surface area contributed by atoms with Crippen LogP contribution in [-0.2, 0) is 16.6 Å². The van der Waals surface area contributed by atoms with Gasteiger partial charge in [0.05, 0.1) is 18.4 Å². The van der Waals surface area contributed by atoms with E-state index in [4.69, 9.17) is 21.2 Å². The van der Waals surface area contributed by atoms with Crippen molar-refractivity contribution in [1.82, 2.24) is 0 Å². The van der Waals surface area contributed by atoms with Gasteiger partial charge in [-0.3, -0.25) is 14.7 Å². The lowest BCUT2D eigenvalue weighted by Crippen LogP contribution is -3.07. The number of phenols is 1. The number of nitrogens with one attached hydrogen (secondary N) is 1. The van der Waals surface area contributed by atoms with Crippen molar-refractivity contribution < 1.29 is 29.8 Å². The van der Waals surface area contributed by atoms with Gasteiger partial charge < -0.3 is 31.5 Å². The predicted molar refractivity (Wildman–Crippen MR) is 187 cm³/mol. The van der Waals surface area contributed by atoms with Crippen LogP contribution in [0.5, 0.6) is 11.5 Å². The van der Waals surface area contributed by atoms with Gasteiger partial charge in [0.2, 0.25) is 6.73 Å². The topological polar surface area (TPSA) is 156 Å². The number of Topliss-reactive ketones (excluding diaryl/α,β-unsaturated/α-hetero) is 1. The van der Waals surface area contributed by atoms with Crippen molar-refractivity contribution in [3.8, 4) is 11.5 Å². The number of nitrogens with zero attached hydrogens (tertiary/aromatic N) is 1. The van der Waals surface area contributed by atoms with E-state index < -0.39 is 18.4 Å². The number of hydrogen-bond acceptors (Lipinski definition) is 8. The first kappa shape index (κ1) is 34.5. The summed E-state index contributed by atoms with van der Waals surface area (Å²) in [7, 11) is 0. The van der Waals surface area contributed by atoms with Gasteiger partial charge in [-0.1, -0.05) is 56.5 Å². The van der Waals surface area contributed by atoms with Crippen LogP contribution in [0.1, 0.15) is 107 Å². The number of aliphatic imine (C=N–C) groups is 1. The molecule has 6 rings (SSSR count). The van der Waals surface area contributed by atoms with E-state index in [1.54, 1.807) is 18.2 Å². The Morgan fingerprint density at radius 1 is 1.06 bits per heavy atom. The first-order chi connectivity index (χ1) is 23.1. The van der Waals surface area contributed by atoms with Crippen molar-refractivity contribution in [1.29, 1.82) is 0 Å². The summed E-state index contributed by atoms with van der Waals surface area (Å²) in [5.41, 5.74) is 19.2. The molecule has 4 atom stereocenters. The zero-order valence-electron chi connectivity index (χ0n) is 28.3. The highest BCUT2D eigenvalue weighted by atomic mass is 16.5. The third-order valence-electron chi connectivity index (χ3n) is 11.2. The maximum atomic E-state index is 12.5. The van der Waals surface area contributed by atoms with Crippen LogP contribution in [0.3, 0.4) is 0 Å². The van der Waals surface area contributed by atoms with Crippen molar-refractivity contribution in [3.05, 3.63) is 82.2 Å². The Kier molecular flexibility index (Phi) is 10.5. The van der Waals surface area contributed by atoms with Crippen LogP contribution in [0.4, 0.5) is 0 Å². The van der Waals surface area contributed by atoms with Crippen LogP contribution in [0.15, 0.2) is 70.5 Å². The number of aliphatic hydroxyl groups excluding tert-OH is 2. The quantitative estimate of drug-likeness (QED) is 0.157. The van der Waals surface area contributed by atoms with E-state index in [0.29, 0.717) is 30.7 Å². The molecule has 2 aromatic rings. The number of carbonyl (C=O) groups is 1. The van der Waals surface area contributed by atoms with Crippen LogP contribution < -0.4 is 21.1 Å². The van der Waals surface area contributed by atoms with Gasteiger partial charge in [-0.25, -0.2) is 0 Å². The van der Waals surface area contributed by atoms with E-state index in [-0.39, 0.29) is 36.2 Å². The Labute approximate surface area is 284 Å². The van der Waals surface area contributed by atoms with E-state index in [9.17, 15) is 20.1 Å². The minimum Gasteiger partial charge on any atom is -0.504 e. The summed E-state index contributed by atoms with van der Waals surface area (Å²) in [6.07, 6.45) is 13.4. The lowest BCUT2D eigenvalue weighted by Gasteiger charge is -2.34.